The zero-order chi connectivity index (χ0) is 16.8. The number of ether oxygens (including phenoxy) is 2. The lowest BCUT2D eigenvalue weighted by atomic mass is 9.56. The van der Waals surface area contributed by atoms with Crippen LogP contribution in [0.2, 0.25) is 0 Å². The van der Waals surface area contributed by atoms with Crippen LogP contribution in [0.3, 0.4) is 0 Å². The molecular formula is C19H25NO3. The molecule has 0 saturated heterocycles. The molecule has 1 unspecified atom stereocenters. The van der Waals surface area contributed by atoms with Crippen LogP contribution in [0.25, 0.3) is 0 Å². The lowest BCUT2D eigenvalue weighted by Crippen LogP contribution is -2.43. The highest BCUT2D eigenvalue weighted by Gasteiger charge is 2.48. The molecule has 0 amide bonds. The molecule has 124 valence electrons. The third kappa shape index (κ3) is 2.27. The highest BCUT2D eigenvalue weighted by Crippen LogP contribution is 2.55. The van der Waals surface area contributed by atoms with Gasteiger partial charge in [0.1, 0.15) is 11.5 Å². The van der Waals surface area contributed by atoms with E-state index in [2.05, 4.69) is 19.0 Å². The van der Waals surface area contributed by atoms with Gasteiger partial charge in [-0.15, -0.1) is 4.91 Å². The highest BCUT2D eigenvalue weighted by molar-refractivity contribution is 5.55. The summed E-state index contributed by atoms with van der Waals surface area (Å²) in [7, 11) is 3.41. The van der Waals surface area contributed by atoms with Gasteiger partial charge < -0.3 is 9.47 Å². The van der Waals surface area contributed by atoms with E-state index in [9.17, 15) is 4.91 Å². The fraction of sp³-hybridized carbons (Fsp3) is 0.579. The third-order valence-electron chi connectivity index (χ3n) is 5.87. The molecule has 2 aliphatic carbocycles. The maximum atomic E-state index is 11.5. The summed E-state index contributed by atoms with van der Waals surface area (Å²) in [5.41, 5.74) is 4.20. The van der Waals surface area contributed by atoms with E-state index >= 15 is 0 Å². The molecule has 0 radical (unpaired) electrons. The molecule has 0 N–H and O–H groups in total. The van der Waals surface area contributed by atoms with Gasteiger partial charge in [-0.1, -0.05) is 13.8 Å². The average Bonchev–Trinajstić information content (AvgIpc) is 2.53. The van der Waals surface area contributed by atoms with Crippen LogP contribution in [0, 0.1) is 16.7 Å². The second-order valence-electron chi connectivity index (χ2n) is 7.26. The molecule has 0 heterocycles. The van der Waals surface area contributed by atoms with Gasteiger partial charge in [0.25, 0.3) is 0 Å². The molecule has 23 heavy (non-hydrogen) atoms. The average molecular weight is 315 g/mol. The van der Waals surface area contributed by atoms with Gasteiger partial charge in [0.15, 0.2) is 0 Å². The summed E-state index contributed by atoms with van der Waals surface area (Å²) in [6, 6.07) is 3.95. The Hall–Kier alpha value is -1.84. The second kappa shape index (κ2) is 5.66. The smallest absolute Gasteiger partial charge is 0.123 e. The number of nitroso groups, excluding NO2 is 1. The molecule has 0 bridgehead atoms. The fourth-order valence-corrected chi connectivity index (χ4v) is 4.74. The van der Waals surface area contributed by atoms with Crippen molar-refractivity contribution in [3.63, 3.8) is 0 Å². The van der Waals surface area contributed by atoms with Gasteiger partial charge in [-0.25, -0.2) is 0 Å². The van der Waals surface area contributed by atoms with E-state index in [0.29, 0.717) is 5.92 Å². The van der Waals surface area contributed by atoms with Gasteiger partial charge in [0, 0.05) is 17.0 Å². The minimum atomic E-state index is -0.0885. The van der Waals surface area contributed by atoms with Crippen LogP contribution < -0.4 is 9.47 Å². The molecule has 0 aliphatic heterocycles. The number of nitrogens with zero attached hydrogens (tertiary/aromatic N) is 1. The Morgan fingerprint density at radius 3 is 2.43 bits per heavy atom. The van der Waals surface area contributed by atoms with E-state index < -0.39 is 0 Å². The van der Waals surface area contributed by atoms with Crippen LogP contribution in [0.1, 0.15) is 44.7 Å². The Balaban J connectivity index is 2.23. The quantitative estimate of drug-likeness (QED) is 0.766. The molecular weight excluding hydrogens is 290 g/mol. The summed E-state index contributed by atoms with van der Waals surface area (Å²) in [4.78, 5) is 11.5. The molecule has 4 nitrogen and oxygen atoms in total. The number of fused-ring (bicyclic) bond motifs is 2. The SMILES string of the molecule is COc1ccc(OC)c2c1CC1C(N=O)=C(C)CC[C@H]1C2(C)C. The van der Waals surface area contributed by atoms with E-state index in [-0.39, 0.29) is 11.3 Å². The van der Waals surface area contributed by atoms with E-state index in [0.717, 1.165) is 47.6 Å². The zero-order valence-corrected chi connectivity index (χ0v) is 14.6. The van der Waals surface area contributed by atoms with Crippen molar-refractivity contribution >= 4 is 0 Å². The van der Waals surface area contributed by atoms with E-state index in [1.54, 1.807) is 14.2 Å². The largest absolute Gasteiger partial charge is 0.496 e. The molecule has 1 aromatic carbocycles. The maximum Gasteiger partial charge on any atom is 0.123 e. The van der Waals surface area contributed by atoms with Crippen LogP contribution in [0.15, 0.2) is 28.6 Å². The van der Waals surface area contributed by atoms with Crippen LogP contribution in [-0.2, 0) is 11.8 Å². The lowest BCUT2D eigenvalue weighted by molar-refractivity contribution is 0.181. The van der Waals surface area contributed by atoms with Crippen molar-refractivity contribution in [1.29, 1.82) is 0 Å². The Kier molecular flexibility index (Phi) is 3.95. The van der Waals surface area contributed by atoms with Gasteiger partial charge in [0.2, 0.25) is 0 Å². The van der Waals surface area contributed by atoms with Gasteiger partial charge in [0.05, 0.1) is 19.9 Å². The van der Waals surface area contributed by atoms with Crippen molar-refractivity contribution in [2.24, 2.45) is 17.0 Å². The number of methoxy groups -OCH3 is 2. The van der Waals surface area contributed by atoms with Gasteiger partial charge in [-0.3, -0.25) is 0 Å². The zero-order valence-electron chi connectivity index (χ0n) is 14.6. The number of rotatable bonds is 3. The summed E-state index contributed by atoms with van der Waals surface area (Å²) < 4.78 is 11.2. The first kappa shape index (κ1) is 16.0. The molecule has 2 atom stereocenters. The first-order chi connectivity index (χ1) is 11.0. The monoisotopic (exact) mass is 315 g/mol. The second-order valence-corrected chi connectivity index (χ2v) is 7.26. The minimum Gasteiger partial charge on any atom is -0.496 e. The highest BCUT2D eigenvalue weighted by atomic mass is 16.5. The number of hydrogen-bond donors (Lipinski definition) is 0. The van der Waals surface area contributed by atoms with E-state index in [1.807, 2.05) is 19.1 Å². The normalized spacial score (nSPS) is 25.4. The fourth-order valence-electron chi connectivity index (χ4n) is 4.74. The standard InChI is InChI=1S/C19H25NO3/c1-11-6-7-14-12(18(11)20-21)10-13-15(22-4)8-9-16(23-5)17(13)19(14,2)3/h8-9,12,14H,6-7,10H2,1-5H3/t12?,14-/m1/s1. The van der Waals surface area contributed by atoms with Gasteiger partial charge in [-0.05, 0) is 60.4 Å². The maximum absolute atomic E-state index is 11.5. The predicted molar refractivity (Wildman–Crippen MR) is 91.0 cm³/mol. The first-order valence-electron chi connectivity index (χ1n) is 8.23. The number of allylic oxidation sites excluding steroid dienone is 2. The van der Waals surface area contributed by atoms with E-state index in [1.165, 1.54) is 5.56 Å². The van der Waals surface area contributed by atoms with Gasteiger partial charge in [-0.2, -0.15) is 0 Å². The van der Waals surface area contributed by atoms with E-state index in [4.69, 9.17) is 9.47 Å². The molecule has 1 aromatic rings. The lowest BCUT2D eigenvalue weighted by Gasteiger charge is -2.48. The summed E-state index contributed by atoms with van der Waals surface area (Å²) in [6.45, 7) is 6.56. The van der Waals surface area contributed by atoms with Crippen molar-refractivity contribution in [2.75, 3.05) is 14.2 Å². The molecule has 0 spiro atoms. The number of benzene rings is 1. The first-order valence-corrected chi connectivity index (χ1v) is 8.23. The van der Waals surface area contributed by atoms with Crippen LogP contribution in [-0.4, -0.2) is 14.2 Å². The molecule has 2 aliphatic rings. The third-order valence-corrected chi connectivity index (χ3v) is 5.87. The summed E-state index contributed by atoms with van der Waals surface area (Å²) in [5, 5.41) is 3.41. The molecule has 0 saturated carbocycles. The van der Waals surface area contributed by atoms with Crippen LogP contribution in [0.4, 0.5) is 0 Å². The molecule has 0 fully saturated rings. The molecule has 4 heteroatoms. The minimum absolute atomic E-state index is 0.0885. The predicted octanol–water partition coefficient (Wildman–Crippen LogP) is 4.60. The Morgan fingerprint density at radius 2 is 1.83 bits per heavy atom. The van der Waals surface area contributed by atoms with Gasteiger partial charge >= 0.3 is 0 Å². The van der Waals surface area contributed by atoms with Crippen LogP contribution >= 0.6 is 0 Å². The Morgan fingerprint density at radius 1 is 1.17 bits per heavy atom. The summed E-state index contributed by atoms with van der Waals surface area (Å²) in [6.07, 6.45) is 2.83. The molecule has 3 rings (SSSR count). The van der Waals surface area contributed by atoms with Crippen molar-refractivity contribution in [3.05, 3.63) is 39.4 Å². The number of hydrogen-bond acceptors (Lipinski definition) is 4. The van der Waals surface area contributed by atoms with Crippen LogP contribution in [0.5, 0.6) is 11.5 Å². The van der Waals surface area contributed by atoms with Crippen molar-refractivity contribution < 1.29 is 9.47 Å². The summed E-state index contributed by atoms with van der Waals surface area (Å²) in [5.74, 6) is 2.36. The van der Waals surface area contributed by atoms with Crippen molar-refractivity contribution in [3.8, 4) is 11.5 Å². The topological polar surface area (TPSA) is 47.9 Å². The molecule has 0 aromatic heterocycles. The van der Waals surface area contributed by atoms with Crippen molar-refractivity contribution in [1.82, 2.24) is 0 Å². The summed E-state index contributed by atoms with van der Waals surface area (Å²) >= 11 is 0. The van der Waals surface area contributed by atoms with Crippen molar-refractivity contribution in [2.45, 2.75) is 45.4 Å². The Labute approximate surface area is 137 Å². The Bertz CT molecular complexity index is 675.